The Hall–Kier alpha value is -3.01. The molecule has 1 N–H and O–H groups in total. The lowest BCUT2D eigenvalue weighted by Crippen LogP contribution is -2.27. The number of carbonyl (C=O) groups excluding carboxylic acids is 2. The maximum atomic E-state index is 13.0. The van der Waals surface area contributed by atoms with Crippen LogP contribution in [0.15, 0.2) is 52.4 Å². The molecule has 1 aliphatic rings. The summed E-state index contributed by atoms with van der Waals surface area (Å²) in [4.78, 5) is 32.4. The number of amides is 1. The summed E-state index contributed by atoms with van der Waals surface area (Å²) >= 11 is 12.3. The smallest absolute Gasteiger partial charge is 0.275 e. The van der Waals surface area contributed by atoms with E-state index in [0.717, 1.165) is 12.8 Å². The Kier molecular flexibility index (Phi) is 6.88. The van der Waals surface area contributed by atoms with E-state index in [4.69, 9.17) is 23.2 Å². The minimum absolute atomic E-state index is 0.0132. The summed E-state index contributed by atoms with van der Waals surface area (Å²) in [7, 11) is -3.96. The van der Waals surface area contributed by atoms with Crippen molar-refractivity contribution in [3.05, 3.63) is 74.7 Å². The molecule has 34 heavy (non-hydrogen) atoms. The van der Waals surface area contributed by atoms with Crippen molar-refractivity contribution in [3.63, 3.8) is 0 Å². The topological polar surface area (TPSA) is 110 Å². The van der Waals surface area contributed by atoms with E-state index in [2.05, 4.69) is 14.7 Å². The zero-order chi connectivity index (χ0) is 24.5. The molecule has 0 aliphatic carbocycles. The Morgan fingerprint density at radius 1 is 1.15 bits per heavy atom. The maximum Gasteiger partial charge on any atom is 0.275 e. The van der Waals surface area contributed by atoms with E-state index in [1.807, 2.05) is 6.92 Å². The number of unbranched alkanes of at least 4 members (excludes halogenated alkanes) is 1. The van der Waals surface area contributed by atoms with Gasteiger partial charge in [-0.3, -0.25) is 14.3 Å². The zero-order valence-electron chi connectivity index (χ0n) is 18.1. The van der Waals surface area contributed by atoms with Gasteiger partial charge in [-0.2, -0.15) is 0 Å². The average molecular weight is 519 g/mol. The molecule has 11 heteroatoms. The lowest BCUT2D eigenvalue weighted by Gasteiger charge is -2.10. The standard InChI is InChI=1S/C23H20Cl2N4O4S/c1-2-3-7-21-26-20(13-30)22(25)29(21)12-18-17-11-16(8-9-19(17)27-23(18)31)34(32,33)28-15-6-4-5-14(24)10-15/h4-6,8-11,13,28H,2-3,7,12H2,1H3. The molecule has 0 atom stereocenters. The predicted molar refractivity (Wildman–Crippen MR) is 129 cm³/mol. The number of aldehydes is 1. The number of sulfonamides is 1. The fourth-order valence-corrected chi connectivity index (χ4v) is 5.16. The molecule has 176 valence electrons. The molecule has 1 amide bonds. The highest BCUT2D eigenvalue weighted by Gasteiger charge is 2.23. The number of rotatable bonds is 9. The van der Waals surface area contributed by atoms with Gasteiger partial charge in [0.15, 0.2) is 6.29 Å². The van der Waals surface area contributed by atoms with Crippen LogP contribution in [0.5, 0.6) is 0 Å². The molecular formula is C23H20Cl2N4O4S. The fraction of sp³-hybridized carbons (Fsp3) is 0.217. The van der Waals surface area contributed by atoms with Crippen molar-refractivity contribution in [1.82, 2.24) is 9.55 Å². The number of halogens is 2. The summed E-state index contributed by atoms with van der Waals surface area (Å²) in [5.41, 5.74) is 0.674. The Morgan fingerprint density at radius 3 is 2.65 bits per heavy atom. The first-order valence-corrected chi connectivity index (χ1v) is 12.7. The molecule has 4 rings (SSSR count). The Bertz CT molecular complexity index is 1530. The van der Waals surface area contributed by atoms with Crippen LogP contribution in [-0.2, 0) is 27.8 Å². The Labute approximate surface area is 206 Å². The van der Waals surface area contributed by atoms with E-state index >= 15 is 0 Å². The number of fused-ring (bicyclic) bond motifs is 1. The summed E-state index contributed by atoms with van der Waals surface area (Å²) in [6.07, 6.45) is 2.89. The predicted octanol–water partition coefficient (Wildman–Crippen LogP) is 3.16. The van der Waals surface area contributed by atoms with Crippen LogP contribution in [0.3, 0.4) is 0 Å². The number of imidazole rings is 1. The Balaban J connectivity index is 1.77. The number of anilines is 1. The van der Waals surface area contributed by atoms with Crippen LogP contribution < -0.4 is 15.3 Å². The molecule has 2 heterocycles. The molecule has 0 saturated heterocycles. The minimum atomic E-state index is -3.96. The van der Waals surface area contributed by atoms with E-state index in [1.54, 1.807) is 22.8 Å². The number of benzene rings is 2. The van der Waals surface area contributed by atoms with Crippen LogP contribution >= 0.6 is 23.2 Å². The summed E-state index contributed by atoms with van der Waals surface area (Å²) in [6, 6.07) is 10.6. The minimum Gasteiger partial charge on any atom is -0.314 e. The highest BCUT2D eigenvalue weighted by Crippen LogP contribution is 2.22. The van der Waals surface area contributed by atoms with E-state index < -0.39 is 15.9 Å². The normalized spacial score (nSPS) is 13.0. The largest absolute Gasteiger partial charge is 0.314 e. The van der Waals surface area contributed by atoms with Gasteiger partial charge in [0.2, 0.25) is 0 Å². The second-order valence-corrected chi connectivity index (χ2v) is 10.2. The molecule has 1 aliphatic heterocycles. The third-order valence-electron chi connectivity index (χ3n) is 5.35. The monoisotopic (exact) mass is 518 g/mol. The quantitative estimate of drug-likeness (QED) is 0.437. The van der Waals surface area contributed by atoms with Gasteiger partial charge in [0.05, 0.1) is 22.5 Å². The summed E-state index contributed by atoms with van der Waals surface area (Å²) in [6.45, 7) is 2.04. The van der Waals surface area contributed by atoms with Crippen LogP contribution in [0.4, 0.5) is 5.69 Å². The van der Waals surface area contributed by atoms with Gasteiger partial charge in [0.1, 0.15) is 16.7 Å². The van der Waals surface area contributed by atoms with Gasteiger partial charge in [-0.25, -0.2) is 18.4 Å². The van der Waals surface area contributed by atoms with E-state index in [9.17, 15) is 18.0 Å². The van der Waals surface area contributed by atoms with Gasteiger partial charge in [0.25, 0.3) is 15.9 Å². The van der Waals surface area contributed by atoms with Gasteiger partial charge in [0, 0.05) is 22.2 Å². The van der Waals surface area contributed by atoms with Crippen molar-refractivity contribution >= 4 is 56.7 Å². The third-order valence-corrected chi connectivity index (χ3v) is 7.36. The lowest BCUT2D eigenvalue weighted by atomic mass is 10.1. The number of aromatic nitrogens is 2. The van der Waals surface area contributed by atoms with Crippen LogP contribution in [0.2, 0.25) is 10.2 Å². The summed E-state index contributed by atoms with van der Waals surface area (Å²) in [5, 5.41) is 1.27. The number of carbonyl (C=O) groups is 2. The third kappa shape index (κ3) is 4.77. The molecular weight excluding hydrogens is 499 g/mol. The van der Waals surface area contributed by atoms with Crippen LogP contribution in [0.1, 0.15) is 36.1 Å². The molecule has 0 fully saturated rings. The van der Waals surface area contributed by atoms with Gasteiger partial charge in [-0.05, 0) is 42.8 Å². The molecule has 0 spiro atoms. The van der Waals surface area contributed by atoms with Crippen molar-refractivity contribution in [3.8, 4) is 0 Å². The zero-order valence-corrected chi connectivity index (χ0v) is 20.4. The van der Waals surface area contributed by atoms with Crippen molar-refractivity contribution < 1.29 is 18.0 Å². The number of nitrogens with one attached hydrogen (secondary N) is 1. The second-order valence-electron chi connectivity index (χ2n) is 7.70. The SMILES string of the molecule is CCCCc1nc(C=O)c(Cl)n1CC1=c2cc(S(=O)(=O)Nc3cccc(Cl)c3)ccc2=NC1=O. The van der Waals surface area contributed by atoms with Gasteiger partial charge in [-0.15, -0.1) is 0 Å². The van der Waals surface area contributed by atoms with Crippen molar-refractivity contribution in [2.75, 3.05) is 4.72 Å². The first-order chi connectivity index (χ1) is 16.2. The van der Waals surface area contributed by atoms with Gasteiger partial charge >= 0.3 is 0 Å². The van der Waals surface area contributed by atoms with E-state index in [-0.39, 0.29) is 27.9 Å². The number of nitrogens with zero attached hydrogens (tertiary/aromatic N) is 3. The maximum absolute atomic E-state index is 13.0. The second kappa shape index (κ2) is 9.69. The van der Waals surface area contributed by atoms with Gasteiger partial charge < -0.3 is 4.57 Å². The van der Waals surface area contributed by atoms with E-state index in [1.165, 1.54) is 24.3 Å². The van der Waals surface area contributed by atoms with Crippen molar-refractivity contribution in [1.29, 1.82) is 0 Å². The molecule has 0 unspecified atom stereocenters. The number of hydrogen-bond donors (Lipinski definition) is 1. The number of hydrogen-bond acceptors (Lipinski definition) is 5. The number of aryl methyl sites for hydroxylation is 1. The molecule has 1 aromatic heterocycles. The lowest BCUT2D eigenvalue weighted by molar-refractivity contribution is -0.112. The summed E-state index contributed by atoms with van der Waals surface area (Å²) in [5.74, 6) is 0.0836. The molecule has 3 aromatic rings. The average Bonchev–Trinajstić information content (AvgIpc) is 3.27. The van der Waals surface area contributed by atoms with Crippen molar-refractivity contribution in [2.24, 2.45) is 4.99 Å². The molecule has 0 bridgehead atoms. The highest BCUT2D eigenvalue weighted by molar-refractivity contribution is 7.92. The molecule has 0 saturated carbocycles. The molecule has 8 nitrogen and oxygen atoms in total. The first-order valence-electron chi connectivity index (χ1n) is 10.5. The van der Waals surface area contributed by atoms with E-state index in [0.29, 0.717) is 39.8 Å². The fourth-order valence-electron chi connectivity index (χ4n) is 3.65. The van der Waals surface area contributed by atoms with Crippen molar-refractivity contribution in [2.45, 2.75) is 37.6 Å². The Morgan fingerprint density at radius 2 is 1.94 bits per heavy atom. The molecule has 2 aromatic carbocycles. The van der Waals surface area contributed by atoms with Crippen LogP contribution in [0.25, 0.3) is 5.57 Å². The molecule has 0 radical (unpaired) electrons. The van der Waals surface area contributed by atoms with Crippen LogP contribution in [0, 0.1) is 0 Å². The van der Waals surface area contributed by atoms with Gasteiger partial charge in [-0.1, -0.05) is 42.6 Å². The first kappa shape index (κ1) is 24.1. The summed E-state index contributed by atoms with van der Waals surface area (Å²) < 4.78 is 30.0. The highest BCUT2D eigenvalue weighted by atomic mass is 35.5. The van der Waals surface area contributed by atoms with Crippen LogP contribution in [-0.4, -0.2) is 30.2 Å².